The van der Waals surface area contributed by atoms with Crippen LogP contribution < -0.4 is 5.32 Å². The predicted molar refractivity (Wildman–Crippen MR) is 90.9 cm³/mol. The highest BCUT2D eigenvalue weighted by Gasteiger charge is 2.38. The first-order valence-electron chi connectivity index (χ1n) is 8.14. The van der Waals surface area contributed by atoms with Crippen LogP contribution in [0.2, 0.25) is 0 Å². The average Bonchev–Trinajstić information content (AvgIpc) is 3.10. The van der Waals surface area contributed by atoms with Crippen molar-refractivity contribution in [2.75, 3.05) is 0 Å². The summed E-state index contributed by atoms with van der Waals surface area (Å²) >= 11 is 0. The second-order valence-electron chi connectivity index (χ2n) is 6.06. The highest BCUT2D eigenvalue weighted by molar-refractivity contribution is 5.94. The number of aromatic nitrogens is 2. The molecule has 0 fully saturated rings. The first kappa shape index (κ1) is 18.6. The second kappa shape index (κ2) is 7.61. The highest BCUT2D eigenvalue weighted by atomic mass is 19.4. The summed E-state index contributed by atoms with van der Waals surface area (Å²) in [6, 6.07) is 14.3. The topological polar surface area (TPSA) is 68.0 Å². The van der Waals surface area contributed by atoms with Crippen molar-refractivity contribution in [3.63, 3.8) is 0 Å². The van der Waals surface area contributed by atoms with E-state index in [9.17, 15) is 18.0 Å². The zero-order chi connectivity index (χ0) is 19.4. The van der Waals surface area contributed by atoms with Gasteiger partial charge in [0.15, 0.2) is 5.82 Å². The average molecular weight is 375 g/mol. The van der Waals surface area contributed by atoms with Gasteiger partial charge in [0.05, 0.1) is 0 Å². The lowest BCUT2D eigenvalue weighted by molar-refractivity contribution is -0.159. The summed E-state index contributed by atoms with van der Waals surface area (Å²) in [7, 11) is 0. The first-order valence-corrected chi connectivity index (χ1v) is 8.14. The monoisotopic (exact) mass is 375 g/mol. The van der Waals surface area contributed by atoms with Gasteiger partial charge in [-0.05, 0) is 30.2 Å². The SMILES string of the molecule is Cc1ccc(C(=O)NCc2ccc(Cc3noc(C(F)(F)F)n3)cc2)cc1. The van der Waals surface area contributed by atoms with Gasteiger partial charge >= 0.3 is 12.1 Å². The van der Waals surface area contributed by atoms with Crippen LogP contribution in [-0.4, -0.2) is 16.0 Å². The maximum Gasteiger partial charge on any atom is 0.471 e. The Morgan fingerprint density at radius 1 is 1.04 bits per heavy atom. The van der Waals surface area contributed by atoms with Crippen molar-refractivity contribution in [2.45, 2.75) is 26.1 Å². The molecule has 3 rings (SSSR count). The van der Waals surface area contributed by atoms with Gasteiger partial charge in [0, 0.05) is 18.5 Å². The molecule has 0 unspecified atom stereocenters. The van der Waals surface area contributed by atoms with E-state index in [1.165, 1.54) is 0 Å². The van der Waals surface area contributed by atoms with E-state index in [1.54, 1.807) is 36.4 Å². The first-order chi connectivity index (χ1) is 12.8. The van der Waals surface area contributed by atoms with Crippen molar-refractivity contribution in [1.29, 1.82) is 0 Å². The van der Waals surface area contributed by atoms with Crippen molar-refractivity contribution in [2.24, 2.45) is 0 Å². The number of carbonyl (C=O) groups is 1. The molecule has 0 aliphatic heterocycles. The van der Waals surface area contributed by atoms with E-state index < -0.39 is 12.1 Å². The number of nitrogens with one attached hydrogen (secondary N) is 1. The summed E-state index contributed by atoms with van der Waals surface area (Å²) in [6.45, 7) is 2.29. The summed E-state index contributed by atoms with van der Waals surface area (Å²) in [5.74, 6) is -1.57. The third-order valence-electron chi connectivity index (χ3n) is 3.86. The predicted octanol–water partition coefficient (Wildman–Crippen LogP) is 3.92. The molecule has 0 aliphatic carbocycles. The molecule has 0 atom stereocenters. The summed E-state index contributed by atoms with van der Waals surface area (Å²) in [6.07, 6.45) is -4.53. The van der Waals surface area contributed by atoms with Crippen LogP contribution in [0.5, 0.6) is 0 Å². The molecule has 0 spiro atoms. The zero-order valence-corrected chi connectivity index (χ0v) is 14.4. The highest BCUT2D eigenvalue weighted by Crippen LogP contribution is 2.27. The number of benzene rings is 2. The Balaban J connectivity index is 1.56. The molecule has 8 heteroatoms. The van der Waals surface area contributed by atoms with Gasteiger partial charge in [-0.2, -0.15) is 18.2 Å². The van der Waals surface area contributed by atoms with Crippen LogP contribution in [-0.2, 0) is 19.1 Å². The molecular weight excluding hydrogens is 359 g/mol. The van der Waals surface area contributed by atoms with Crippen molar-refractivity contribution in [3.05, 3.63) is 82.5 Å². The number of amides is 1. The van der Waals surface area contributed by atoms with E-state index >= 15 is 0 Å². The molecule has 1 amide bonds. The second-order valence-corrected chi connectivity index (χ2v) is 6.06. The van der Waals surface area contributed by atoms with Gasteiger partial charge in [0.25, 0.3) is 5.91 Å². The molecule has 0 bridgehead atoms. The van der Waals surface area contributed by atoms with Gasteiger partial charge in [-0.3, -0.25) is 4.79 Å². The Labute approximate surface area is 153 Å². The van der Waals surface area contributed by atoms with Gasteiger partial charge < -0.3 is 9.84 Å². The van der Waals surface area contributed by atoms with E-state index in [1.807, 2.05) is 19.1 Å². The Kier molecular flexibility index (Phi) is 5.25. The molecule has 1 heterocycles. The third kappa shape index (κ3) is 4.93. The quantitative estimate of drug-likeness (QED) is 0.734. The molecule has 3 aromatic rings. The van der Waals surface area contributed by atoms with Crippen molar-refractivity contribution in [1.82, 2.24) is 15.5 Å². The van der Waals surface area contributed by atoms with Crippen molar-refractivity contribution >= 4 is 5.91 Å². The van der Waals surface area contributed by atoms with Crippen LogP contribution in [0.1, 0.15) is 38.8 Å². The van der Waals surface area contributed by atoms with Gasteiger partial charge in [0.2, 0.25) is 0 Å². The van der Waals surface area contributed by atoms with Crippen LogP contribution in [0, 0.1) is 6.92 Å². The fourth-order valence-electron chi connectivity index (χ4n) is 2.39. The number of aryl methyl sites for hydroxylation is 1. The Bertz CT molecular complexity index is 917. The lowest BCUT2D eigenvalue weighted by atomic mass is 10.1. The number of nitrogens with zero attached hydrogens (tertiary/aromatic N) is 2. The molecule has 1 N–H and O–H groups in total. The molecular formula is C19H16F3N3O2. The van der Waals surface area contributed by atoms with Gasteiger partial charge in [-0.25, -0.2) is 0 Å². The molecule has 0 saturated carbocycles. The fraction of sp³-hybridized carbons (Fsp3) is 0.211. The summed E-state index contributed by atoms with van der Waals surface area (Å²) in [5, 5.41) is 6.16. The molecule has 2 aromatic carbocycles. The van der Waals surface area contributed by atoms with E-state index in [0.29, 0.717) is 12.1 Å². The lowest BCUT2D eigenvalue weighted by Crippen LogP contribution is -2.22. The van der Waals surface area contributed by atoms with E-state index in [2.05, 4.69) is 20.0 Å². The van der Waals surface area contributed by atoms with Crippen LogP contribution in [0.15, 0.2) is 53.1 Å². The molecule has 27 heavy (non-hydrogen) atoms. The smallest absolute Gasteiger partial charge is 0.348 e. The van der Waals surface area contributed by atoms with E-state index in [0.717, 1.165) is 16.7 Å². The van der Waals surface area contributed by atoms with Crippen LogP contribution in [0.4, 0.5) is 13.2 Å². The molecule has 0 radical (unpaired) electrons. The van der Waals surface area contributed by atoms with Crippen LogP contribution in [0.25, 0.3) is 0 Å². The van der Waals surface area contributed by atoms with Gasteiger partial charge in [-0.1, -0.05) is 47.1 Å². The number of hydrogen-bond donors (Lipinski definition) is 1. The van der Waals surface area contributed by atoms with Crippen molar-refractivity contribution < 1.29 is 22.5 Å². The zero-order valence-electron chi connectivity index (χ0n) is 14.4. The Morgan fingerprint density at radius 3 is 2.26 bits per heavy atom. The number of hydrogen-bond acceptors (Lipinski definition) is 4. The number of rotatable bonds is 5. The van der Waals surface area contributed by atoms with Gasteiger partial charge in [-0.15, -0.1) is 0 Å². The number of carbonyl (C=O) groups excluding carboxylic acids is 1. The molecule has 0 aliphatic rings. The fourth-order valence-corrected chi connectivity index (χ4v) is 2.39. The maximum atomic E-state index is 12.5. The summed E-state index contributed by atoms with van der Waals surface area (Å²) < 4.78 is 41.6. The minimum Gasteiger partial charge on any atom is -0.348 e. The Hall–Kier alpha value is -3.16. The lowest BCUT2D eigenvalue weighted by Gasteiger charge is -2.06. The van der Waals surface area contributed by atoms with Crippen LogP contribution >= 0.6 is 0 Å². The molecule has 0 saturated heterocycles. The molecule has 5 nitrogen and oxygen atoms in total. The molecule has 140 valence electrons. The van der Waals surface area contributed by atoms with E-state index in [-0.39, 0.29) is 18.2 Å². The minimum atomic E-state index is -4.65. The Morgan fingerprint density at radius 2 is 1.67 bits per heavy atom. The summed E-state index contributed by atoms with van der Waals surface area (Å²) in [4.78, 5) is 15.4. The van der Waals surface area contributed by atoms with Gasteiger partial charge in [0.1, 0.15) is 0 Å². The van der Waals surface area contributed by atoms with E-state index in [4.69, 9.17) is 0 Å². The largest absolute Gasteiger partial charge is 0.471 e. The normalized spacial score (nSPS) is 11.4. The standard InChI is InChI=1S/C19H16F3N3O2/c1-12-2-8-15(9-3-12)17(26)23-11-14-6-4-13(5-7-14)10-16-24-18(27-25-16)19(20,21)22/h2-9H,10-11H2,1H3,(H,23,26). The number of halogens is 3. The van der Waals surface area contributed by atoms with Crippen LogP contribution in [0.3, 0.4) is 0 Å². The molecule has 1 aromatic heterocycles. The third-order valence-corrected chi connectivity index (χ3v) is 3.86. The minimum absolute atomic E-state index is 0.0391. The van der Waals surface area contributed by atoms with Crippen molar-refractivity contribution in [3.8, 4) is 0 Å². The summed E-state index contributed by atoms with van der Waals surface area (Å²) in [5.41, 5.74) is 3.25. The number of alkyl halides is 3. The maximum absolute atomic E-state index is 12.5.